The van der Waals surface area contributed by atoms with E-state index >= 15 is 0 Å². The van der Waals surface area contributed by atoms with Crippen molar-refractivity contribution in [3.63, 3.8) is 0 Å². The van der Waals surface area contributed by atoms with Crippen LogP contribution in [0.2, 0.25) is 0 Å². The van der Waals surface area contributed by atoms with Crippen molar-refractivity contribution in [3.05, 3.63) is 54.1 Å². The molecule has 3 aromatic rings. The van der Waals surface area contributed by atoms with Crippen molar-refractivity contribution < 1.29 is 14.3 Å². The van der Waals surface area contributed by atoms with Gasteiger partial charge in [0.1, 0.15) is 17.1 Å². The number of hydrogen-bond donors (Lipinski definition) is 1. The molecule has 0 spiro atoms. The van der Waals surface area contributed by atoms with Crippen LogP contribution < -0.4 is 10.1 Å². The number of amides is 2. The van der Waals surface area contributed by atoms with Crippen molar-refractivity contribution in [2.24, 2.45) is 4.99 Å². The number of hydrogen-bond acceptors (Lipinski definition) is 7. The lowest BCUT2D eigenvalue weighted by Gasteiger charge is -2.41. The molecule has 1 aromatic carbocycles. The molecule has 0 radical (unpaired) electrons. The molecule has 1 unspecified atom stereocenters. The molecular formula is C21H18N6O3S. The monoisotopic (exact) mass is 434 g/mol. The summed E-state index contributed by atoms with van der Waals surface area (Å²) in [5.74, 6) is 0.668. The van der Waals surface area contributed by atoms with Crippen molar-refractivity contribution in [1.82, 2.24) is 19.5 Å². The SMILES string of the molecule is COc1ccc(-c2csc3nc(NC(=O)C4(C)CC(=O)N=C5C=CC=CN54)nn23)cc1. The highest BCUT2D eigenvalue weighted by molar-refractivity contribution is 7.15. The molecule has 0 aliphatic carbocycles. The Morgan fingerprint density at radius 2 is 2.06 bits per heavy atom. The Balaban J connectivity index is 1.43. The molecule has 2 aromatic heterocycles. The highest BCUT2D eigenvalue weighted by Crippen LogP contribution is 2.30. The van der Waals surface area contributed by atoms with Crippen LogP contribution >= 0.6 is 11.3 Å². The van der Waals surface area contributed by atoms with E-state index in [2.05, 4.69) is 20.4 Å². The molecule has 156 valence electrons. The van der Waals surface area contributed by atoms with E-state index < -0.39 is 5.54 Å². The second kappa shape index (κ2) is 7.17. The van der Waals surface area contributed by atoms with Crippen LogP contribution in [0.4, 0.5) is 5.95 Å². The standard InChI is InChI=1S/C21H18N6O3S/c1-21(11-17(28)22-16-5-3-4-10-26(16)21)18(29)23-19-24-20-27(25-19)15(12-31-20)13-6-8-14(30-2)9-7-13/h3-10,12H,11H2,1-2H3,(H,23,25,29). The van der Waals surface area contributed by atoms with Gasteiger partial charge in [-0.2, -0.15) is 9.98 Å². The molecule has 10 heteroatoms. The van der Waals surface area contributed by atoms with Gasteiger partial charge in [0, 0.05) is 17.1 Å². The van der Waals surface area contributed by atoms with Crippen molar-refractivity contribution in [2.75, 3.05) is 12.4 Å². The third kappa shape index (κ3) is 3.21. The number of ether oxygens (including phenoxy) is 1. The van der Waals surface area contributed by atoms with Crippen LogP contribution in [0.5, 0.6) is 5.75 Å². The lowest BCUT2D eigenvalue weighted by Crippen LogP contribution is -2.58. The zero-order valence-electron chi connectivity index (χ0n) is 16.8. The van der Waals surface area contributed by atoms with Gasteiger partial charge in [0.25, 0.3) is 17.8 Å². The molecule has 1 N–H and O–H groups in total. The van der Waals surface area contributed by atoms with Gasteiger partial charge in [-0.05, 0) is 43.3 Å². The van der Waals surface area contributed by atoms with E-state index in [9.17, 15) is 9.59 Å². The molecule has 0 saturated heterocycles. The first-order valence-electron chi connectivity index (χ1n) is 9.54. The molecule has 1 atom stereocenters. The van der Waals surface area contributed by atoms with Gasteiger partial charge >= 0.3 is 0 Å². The molecule has 4 heterocycles. The van der Waals surface area contributed by atoms with Gasteiger partial charge in [-0.3, -0.25) is 14.9 Å². The molecule has 0 saturated carbocycles. The van der Waals surface area contributed by atoms with Crippen LogP contribution in [0.25, 0.3) is 16.2 Å². The zero-order valence-corrected chi connectivity index (χ0v) is 17.6. The van der Waals surface area contributed by atoms with Crippen molar-refractivity contribution in [1.29, 1.82) is 0 Å². The summed E-state index contributed by atoms with van der Waals surface area (Å²) in [6.07, 6.45) is 6.98. The van der Waals surface area contributed by atoms with Gasteiger partial charge < -0.3 is 9.64 Å². The number of aliphatic imine (C=N–C) groups is 1. The lowest BCUT2D eigenvalue weighted by atomic mass is 9.91. The fraction of sp³-hybridized carbons (Fsp3) is 0.190. The van der Waals surface area contributed by atoms with E-state index in [-0.39, 0.29) is 24.2 Å². The van der Waals surface area contributed by atoms with Crippen molar-refractivity contribution in [2.45, 2.75) is 18.9 Å². The third-order valence-electron chi connectivity index (χ3n) is 5.29. The first kappa shape index (κ1) is 19.2. The smallest absolute Gasteiger partial charge is 0.253 e. The minimum Gasteiger partial charge on any atom is -0.497 e. The van der Waals surface area contributed by atoms with Crippen LogP contribution in [-0.2, 0) is 9.59 Å². The third-order valence-corrected chi connectivity index (χ3v) is 6.10. The molecule has 0 fully saturated rings. The van der Waals surface area contributed by atoms with Gasteiger partial charge in [0.2, 0.25) is 4.96 Å². The van der Waals surface area contributed by atoms with Crippen LogP contribution in [0.1, 0.15) is 13.3 Å². The quantitative estimate of drug-likeness (QED) is 0.678. The molecular weight excluding hydrogens is 416 g/mol. The van der Waals surface area contributed by atoms with Crippen LogP contribution in [0.15, 0.2) is 59.1 Å². The number of aromatic nitrogens is 3. The second-order valence-electron chi connectivity index (χ2n) is 7.32. The first-order chi connectivity index (χ1) is 15.0. The van der Waals surface area contributed by atoms with E-state index in [1.54, 1.807) is 47.9 Å². The van der Waals surface area contributed by atoms with Gasteiger partial charge in [0.15, 0.2) is 0 Å². The van der Waals surface area contributed by atoms with Gasteiger partial charge in [-0.15, -0.1) is 16.4 Å². The molecule has 9 nitrogen and oxygen atoms in total. The fourth-order valence-electron chi connectivity index (χ4n) is 3.61. The predicted octanol–water partition coefficient (Wildman–Crippen LogP) is 2.88. The Kier molecular flexibility index (Phi) is 4.44. The summed E-state index contributed by atoms with van der Waals surface area (Å²) in [6.45, 7) is 1.71. The number of rotatable bonds is 4. The Hall–Kier alpha value is -3.79. The van der Waals surface area contributed by atoms with E-state index in [0.29, 0.717) is 10.8 Å². The molecule has 0 bridgehead atoms. The highest BCUT2D eigenvalue weighted by atomic mass is 32.1. The van der Waals surface area contributed by atoms with Crippen LogP contribution in [0, 0.1) is 0 Å². The highest BCUT2D eigenvalue weighted by Gasteiger charge is 2.45. The van der Waals surface area contributed by atoms with Crippen LogP contribution in [0.3, 0.4) is 0 Å². The molecule has 31 heavy (non-hydrogen) atoms. The Bertz CT molecular complexity index is 1290. The average Bonchev–Trinajstić information content (AvgIpc) is 3.34. The summed E-state index contributed by atoms with van der Waals surface area (Å²) < 4.78 is 6.90. The number of allylic oxidation sites excluding steroid dienone is 2. The summed E-state index contributed by atoms with van der Waals surface area (Å²) in [6, 6.07) is 7.62. The number of nitrogens with one attached hydrogen (secondary N) is 1. The number of thiazole rings is 1. The van der Waals surface area contributed by atoms with E-state index in [1.165, 1.54) is 11.3 Å². The van der Waals surface area contributed by atoms with E-state index in [1.807, 2.05) is 29.6 Å². The minimum absolute atomic E-state index is 0.0418. The maximum absolute atomic E-state index is 13.2. The largest absolute Gasteiger partial charge is 0.497 e. The van der Waals surface area contributed by atoms with Crippen molar-refractivity contribution >= 4 is 39.9 Å². The first-order valence-corrected chi connectivity index (χ1v) is 10.4. The summed E-state index contributed by atoms with van der Waals surface area (Å²) in [7, 11) is 1.62. The number of carbonyl (C=O) groups is 2. The predicted molar refractivity (Wildman–Crippen MR) is 117 cm³/mol. The van der Waals surface area contributed by atoms with Crippen molar-refractivity contribution in [3.8, 4) is 17.0 Å². The Labute approximate surface area is 181 Å². The average molecular weight is 434 g/mol. The summed E-state index contributed by atoms with van der Waals surface area (Å²) in [4.78, 5) is 36.1. The topological polar surface area (TPSA) is 101 Å². The Morgan fingerprint density at radius 3 is 2.84 bits per heavy atom. The molecule has 2 aliphatic rings. The molecule has 2 aliphatic heterocycles. The normalized spacial score (nSPS) is 20.0. The van der Waals surface area contributed by atoms with Gasteiger partial charge in [0.05, 0.1) is 19.2 Å². The number of benzene rings is 1. The zero-order chi connectivity index (χ0) is 21.6. The maximum atomic E-state index is 13.2. The number of fused-ring (bicyclic) bond motifs is 2. The number of amidine groups is 1. The summed E-state index contributed by atoms with van der Waals surface area (Å²) in [5, 5.41) is 9.20. The maximum Gasteiger partial charge on any atom is 0.253 e. The minimum atomic E-state index is -1.13. The summed E-state index contributed by atoms with van der Waals surface area (Å²) >= 11 is 1.42. The number of nitrogens with zero attached hydrogens (tertiary/aromatic N) is 5. The Morgan fingerprint density at radius 1 is 1.26 bits per heavy atom. The summed E-state index contributed by atoms with van der Waals surface area (Å²) in [5.41, 5.74) is 0.673. The lowest BCUT2D eigenvalue weighted by molar-refractivity contribution is -0.130. The number of carbonyl (C=O) groups excluding carboxylic acids is 2. The van der Waals surface area contributed by atoms with E-state index in [0.717, 1.165) is 17.0 Å². The van der Waals surface area contributed by atoms with Gasteiger partial charge in [-0.25, -0.2) is 4.52 Å². The molecule has 5 rings (SSSR count). The number of methoxy groups -OCH3 is 1. The van der Waals surface area contributed by atoms with Crippen LogP contribution in [-0.4, -0.2) is 49.8 Å². The van der Waals surface area contributed by atoms with E-state index in [4.69, 9.17) is 4.74 Å². The molecule has 2 amide bonds. The van der Waals surface area contributed by atoms with Gasteiger partial charge in [-0.1, -0.05) is 6.08 Å². The fourth-order valence-corrected chi connectivity index (χ4v) is 4.44. The number of anilines is 1. The second-order valence-corrected chi connectivity index (χ2v) is 8.15.